The van der Waals surface area contributed by atoms with E-state index in [0.29, 0.717) is 24.5 Å². The van der Waals surface area contributed by atoms with Gasteiger partial charge in [0.1, 0.15) is 10.9 Å². The number of nitrogens with one attached hydrogen (secondary N) is 1. The van der Waals surface area contributed by atoms with Gasteiger partial charge in [-0.15, -0.1) is 0 Å². The molecule has 0 amide bonds. The van der Waals surface area contributed by atoms with Crippen LogP contribution in [0.3, 0.4) is 0 Å². The Morgan fingerprint density at radius 3 is 2.46 bits per heavy atom. The molecule has 146 valence electrons. The summed E-state index contributed by atoms with van der Waals surface area (Å²) in [5, 5.41) is 4.94. The van der Waals surface area contributed by atoms with Crippen LogP contribution in [0.1, 0.15) is 49.8 Å². The summed E-state index contributed by atoms with van der Waals surface area (Å²) in [6.45, 7) is 4.92. The van der Waals surface area contributed by atoms with Crippen molar-refractivity contribution in [2.45, 2.75) is 52.5 Å². The zero-order chi connectivity index (χ0) is 19.9. The van der Waals surface area contributed by atoms with E-state index in [1.165, 1.54) is 11.1 Å². The van der Waals surface area contributed by atoms with E-state index in [4.69, 9.17) is 11.6 Å². The molecule has 0 spiro atoms. The number of carbonyl (C=O) groups excluding carboxylic acids is 1. The number of aryl methyl sites for hydroxylation is 1. The highest BCUT2D eigenvalue weighted by Crippen LogP contribution is 2.32. The maximum atomic E-state index is 12.4. The van der Waals surface area contributed by atoms with E-state index in [1.807, 2.05) is 24.3 Å². The van der Waals surface area contributed by atoms with E-state index in [0.717, 1.165) is 41.4 Å². The maximum absolute atomic E-state index is 12.4. The number of halogens is 1. The minimum atomic E-state index is 0.205. The van der Waals surface area contributed by atoms with E-state index in [9.17, 15) is 4.79 Å². The van der Waals surface area contributed by atoms with Crippen LogP contribution in [-0.2, 0) is 24.2 Å². The summed E-state index contributed by atoms with van der Waals surface area (Å²) >= 11 is 6.50. The molecule has 1 heterocycles. The predicted octanol–water partition coefficient (Wildman–Crippen LogP) is 6.36. The van der Waals surface area contributed by atoms with Crippen molar-refractivity contribution in [3.8, 4) is 0 Å². The van der Waals surface area contributed by atoms with Gasteiger partial charge in [-0.05, 0) is 30.0 Å². The third-order valence-corrected chi connectivity index (χ3v) is 5.34. The van der Waals surface area contributed by atoms with Crippen LogP contribution < -0.4 is 5.32 Å². The smallest absolute Gasteiger partial charge is 0.137 e. The standard InChI is InChI=1S/C24H27ClN2O/c1-3-5-8-19(28)15-21-23(20-9-6-7-10-22(20)27-24(21)25)26-16-18-13-11-17(4-2)12-14-18/h6-7,9-14H,3-5,8,15-16H2,1-2H3,(H,26,27). The molecule has 0 aliphatic carbocycles. The van der Waals surface area contributed by atoms with Crippen molar-refractivity contribution >= 4 is 34.0 Å². The van der Waals surface area contributed by atoms with Crippen LogP contribution in [-0.4, -0.2) is 10.8 Å². The fourth-order valence-electron chi connectivity index (χ4n) is 3.33. The van der Waals surface area contributed by atoms with Crippen molar-refractivity contribution in [2.24, 2.45) is 0 Å². The third kappa shape index (κ3) is 4.90. The second-order valence-corrected chi connectivity index (χ2v) is 7.47. The first-order valence-corrected chi connectivity index (χ1v) is 10.4. The van der Waals surface area contributed by atoms with E-state index in [1.54, 1.807) is 0 Å². The molecule has 0 saturated heterocycles. The minimum absolute atomic E-state index is 0.205. The first kappa shape index (κ1) is 20.3. The number of ketones is 1. The minimum Gasteiger partial charge on any atom is -0.380 e. The lowest BCUT2D eigenvalue weighted by molar-refractivity contribution is -0.118. The van der Waals surface area contributed by atoms with Crippen LogP contribution in [0, 0.1) is 0 Å². The van der Waals surface area contributed by atoms with Crippen LogP contribution >= 0.6 is 11.6 Å². The number of unbranched alkanes of at least 4 members (excludes halogenated alkanes) is 1. The fraction of sp³-hybridized carbons (Fsp3) is 0.333. The van der Waals surface area contributed by atoms with Gasteiger partial charge in [-0.3, -0.25) is 4.79 Å². The van der Waals surface area contributed by atoms with Crippen LogP contribution in [0.15, 0.2) is 48.5 Å². The van der Waals surface area contributed by atoms with E-state index in [-0.39, 0.29) is 5.78 Å². The summed E-state index contributed by atoms with van der Waals surface area (Å²) in [6, 6.07) is 16.5. The van der Waals surface area contributed by atoms with Gasteiger partial charge in [-0.1, -0.05) is 74.3 Å². The lowest BCUT2D eigenvalue weighted by Crippen LogP contribution is -2.10. The Kier molecular flexibility index (Phi) is 7.05. The number of Topliss-reactive ketones (excluding diaryl/α,β-unsaturated/α-hetero) is 1. The second kappa shape index (κ2) is 9.70. The highest BCUT2D eigenvalue weighted by molar-refractivity contribution is 6.31. The summed E-state index contributed by atoms with van der Waals surface area (Å²) in [6.07, 6.45) is 3.84. The number of nitrogens with zero attached hydrogens (tertiary/aromatic N) is 1. The molecule has 2 aromatic carbocycles. The fourth-order valence-corrected chi connectivity index (χ4v) is 3.58. The van der Waals surface area contributed by atoms with Gasteiger partial charge in [0.25, 0.3) is 0 Å². The summed E-state index contributed by atoms with van der Waals surface area (Å²) in [5.74, 6) is 0.205. The average molecular weight is 395 g/mol. The number of hydrogen-bond donors (Lipinski definition) is 1. The molecule has 0 atom stereocenters. The van der Waals surface area contributed by atoms with Crippen LogP contribution in [0.25, 0.3) is 10.9 Å². The molecule has 0 unspecified atom stereocenters. The molecule has 28 heavy (non-hydrogen) atoms. The molecule has 3 rings (SSSR count). The Hall–Kier alpha value is -2.39. The molecule has 1 N–H and O–H groups in total. The van der Waals surface area contributed by atoms with Crippen molar-refractivity contribution in [1.29, 1.82) is 0 Å². The Balaban J connectivity index is 1.92. The molecular weight excluding hydrogens is 368 g/mol. The first-order valence-electron chi connectivity index (χ1n) is 10.0. The van der Waals surface area contributed by atoms with Crippen molar-refractivity contribution < 1.29 is 4.79 Å². The Bertz CT molecular complexity index is 951. The molecule has 1 aromatic heterocycles. The van der Waals surface area contributed by atoms with Gasteiger partial charge in [0.05, 0.1) is 11.2 Å². The Labute approximate surface area is 172 Å². The molecule has 4 heteroatoms. The van der Waals surface area contributed by atoms with Gasteiger partial charge in [0.15, 0.2) is 0 Å². The lowest BCUT2D eigenvalue weighted by Gasteiger charge is -2.16. The van der Waals surface area contributed by atoms with Gasteiger partial charge >= 0.3 is 0 Å². The second-order valence-electron chi connectivity index (χ2n) is 7.12. The Morgan fingerprint density at radius 2 is 1.75 bits per heavy atom. The largest absolute Gasteiger partial charge is 0.380 e. The molecule has 0 radical (unpaired) electrons. The molecular formula is C24H27ClN2O. The monoisotopic (exact) mass is 394 g/mol. The van der Waals surface area contributed by atoms with Crippen molar-refractivity contribution in [2.75, 3.05) is 5.32 Å². The number of rotatable bonds is 9. The van der Waals surface area contributed by atoms with Gasteiger partial charge in [-0.2, -0.15) is 0 Å². The Morgan fingerprint density at radius 1 is 1.04 bits per heavy atom. The van der Waals surface area contributed by atoms with Crippen molar-refractivity contribution in [3.63, 3.8) is 0 Å². The number of carbonyl (C=O) groups is 1. The number of benzene rings is 2. The van der Waals surface area contributed by atoms with Crippen LogP contribution in [0.2, 0.25) is 5.15 Å². The number of pyridine rings is 1. The highest BCUT2D eigenvalue weighted by Gasteiger charge is 2.16. The zero-order valence-electron chi connectivity index (χ0n) is 16.6. The number of para-hydroxylation sites is 1. The number of fused-ring (bicyclic) bond motifs is 1. The third-order valence-electron chi connectivity index (χ3n) is 5.03. The predicted molar refractivity (Wildman–Crippen MR) is 118 cm³/mol. The molecule has 0 bridgehead atoms. The SMILES string of the molecule is CCCCC(=O)Cc1c(Cl)nc2ccccc2c1NCc1ccc(CC)cc1. The van der Waals surface area contributed by atoms with E-state index < -0.39 is 0 Å². The molecule has 3 aromatic rings. The number of hydrogen-bond acceptors (Lipinski definition) is 3. The lowest BCUT2D eigenvalue weighted by atomic mass is 10.0. The maximum Gasteiger partial charge on any atom is 0.137 e. The summed E-state index contributed by atoms with van der Waals surface area (Å²) < 4.78 is 0. The average Bonchev–Trinajstić information content (AvgIpc) is 2.72. The van der Waals surface area contributed by atoms with Gasteiger partial charge in [-0.25, -0.2) is 4.98 Å². The van der Waals surface area contributed by atoms with E-state index >= 15 is 0 Å². The molecule has 0 fully saturated rings. The zero-order valence-corrected chi connectivity index (χ0v) is 17.4. The van der Waals surface area contributed by atoms with Crippen molar-refractivity contribution in [1.82, 2.24) is 4.98 Å². The van der Waals surface area contributed by atoms with Gasteiger partial charge in [0, 0.05) is 30.3 Å². The normalized spacial score (nSPS) is 11.0. The topological polar surface area (TPSA) is 42.0 Å². The first-order chi connectivity index (χ1) is 13.6. The van der Waals surface area contributed by atoms with E-state index in [2.05, 4.69) is 48.4 Å². The number of aromatic nitrogens is 1. The number of anilines is 1. The highest BCUT2D eigenvalue weighted by atomic mass is 35.5. The molecule has 0 aliphatic rings. The quantitative estimate of drug-likeness (QED) is 0.429. The molecule has 3 nitrogen and oxygen atoms in total. The van der Waals surface area contributed by atoms with Crippen LogP contribution in [0.5, 0.6) is 0 Å². The van der Waals surface area contributed by atoms with Crippen molar-refractivity contribution in [3.05, 3.63) is 70.4 Å². The molecule has 0 aliphatic heterocycles. The summed E-state index contributed by atoms with van der Waals surface area (Å²) in [7, 11) is 0. The van der Waals surface area contributed by atoms with Gasteiger partial charge < -0.3 is 5.32 Å². The van der Waals surface area contributed by atoms with Crippen LogP contribution in [0.4, 0.5) is 5.69 Å². The van der Waals surface area contributed by atoms with Gasteiger partial charge in [0.2, 0.25) is 0 Å². The summed E-state index contributed by atoms with van der Waals surface area (Å²) in [4.78, 5) is 17.0. The summed E-state index contributed by atoms with van der Waals surface area (Å²) in [5.41, 5.74) is 5.06. The molecule has 0 saturated carbocycles.